The third-order valence-electron chi connectivity index (χ3n) is 11.4. The molecule has 2 heterocycles. The Kier molecular flexibility index (Phi) is 10.1. The lowest BCUT2D eigenvalue weighted by Gasteiger charge is -2.50. The number of amides is 1. The van der Waals surface area contributed by atoms with E-state index in [1.165, 1.54) is 11.1 Å². The van der Waals surface area contributed by atoms with Crippen LogP contribution in [0.3, 0.4) is 0 Å². The Balaban J connectivity index is 1.46. The first-order valence-electron chi connectivity index (χ1n) is 17.2. The number of ether oxygens (including phenoxy) is 2. The fourth-order valence-electron chi connectivity index (χ4n) is 8.18. The molecule has 2 aliphatic heterocycles. The number of benzene rings is 2. The van der Waals surface area contributed by atoms with Crippen LogP contribution in [0.1, 0.15) is 81.3 Å². The summed E-state index contributed by atoms with van der Waals surface area (Å²) >= 11 is 8.43. The number of nitrogens with zero attached hydrogens (tertiary/aromatic N) is 1. The minimum absolute atomic E-state index is 0.0503. The minimum atomic E-state index is -2.93. The van der Waals surface area contributed by atoms with Gasteiger partial charge in [-0.25, -0.2) is 4.21 Å². The summed E-state index contributed by atoms with van der Waals surface area (Å²) in [6.45, 7) is 10.7. The zero-order valence-corrected chi connectivity index (χ0v) is 30.9. The number of thioether (sulfide) groups is 1. The summed E-state index contributed by atoms with van der Waals surface area (Å²) in [6.07, 6.45) is 10.6. The van der Waals surface area contributed by atoms with Gasteiger partial charge in [-0.1, -0.05) is 50.6 Å². The summed E-state index contributed by atoms with van der Waals surface area (Å²) in [6, 6.07) is 12.0. The van der Waals surface area contributed by atoms with Gasteiger partial charge >= 0.3 is 0 Å². The Morgan fingerprint density at radius 1 is 1.21 bits per heavy atom. The van der Waals surface area contributed by atoms with Gasteiger partial charge in [-0.05, 0) is 116 Å². The molecule has 9 heteroatoms. The predicted octanol–water partition coefficient (Wildman–Crippen LogP) is 7.71. The van der Waals surface area contributed by atoms with Crippen LogP contribution in [0.2, 0.25) is 5.02 Å². The Morgan fingerprint density at radius 3 is 2.74 bits per heavy atom. The average molecular weight is 699 g/mol. The van der Waals surface area contributed by atoms with E-state index < -0.39 is 15.3 Å². The monoisotopic (exact) mass is 698 g/mol. The molecule has 1 spiro atoms. The lowest BCUT2D eigenvalue weighted by Crippen LogP contribution is -2.54. The van der Waals surface area contributed by atoms with Crippen LogP contribution in [-0.4, -0.2) is 64.6 Å². The number of allylic oxidation sites excluding steroid dienone is 1. The summed E-state index contributed by atoms with van der Waals surface area (Å²) in [7, 11) is -1.06. The predicted molar refractivity (Wildman–Crippen MR) is 199 cm³/mol. The van der Waals surface area contributed by atoms with Crippen LogP contribution in [0.25, 0.3) is 0 Å². The Hall–Kier alpha value is -2.13. The number of carbonyl (C=O) groups excluding carboxylic acids is 1. The van der Waals surface area contributed by atoms with Crippen molar-refractivity contribution in [2.75, 3.05) is 37.5 Å². The normalized spacial score (nSPS) is 34.8. The summed E-state index contributed by atoms with van der Waals surface area (Å²) in [5.74, 6) is 6.14. The van der Waals surface area contributed by atoms with Crippen molar-refractivity contribution in [3.05, 3.63) is 70.3 Å². The summed E-state index contributed by atoms with van der Waals surface area (Å²) in [4.78, 5) is 16.2. The van der Waals surface area contributed by atoms with Gasteiger partial charge in [0.1, 0.15) is 5.75 Å². The van der Waals surface area contributed by atoms with Crippen molar-refractivity contribution >= 4 is 50.5 Å². The fraction of sp³-hybridized carbons (Fsp3) is 0.579. The van der Waals surface area contributed by atoms with Gasteiger partial charge in [0.15, 0.2) is 0 Å². The zero-order valence-electron chi connectivity index (χ0n) is 28.6. The van der Waals surface area contributed by atoms with Gasteiger partial charge in [0.25, 0.3) is 5.91 Å². The van der Waals surface area contributed by atoms with Crippen molar-refractivity contribution in [2.45, 2.75) is 87.7 Å². The topological polar surface area (TPSA) is 67.9 Å². The highest BCUT2D eigenvalue weighted by Gasteiger charge is 2.49. The molecule has 1 amide bonds. The third kappa shape index (κ3) is 6.86. The third-order valence-corrected chi connectivity index (χ3v) is 15.1. The van der Waals surface area contributed by atoms with Gasteiger partial charge in [0, 0.05) is 47.2 Å². The highest BCUT2D eigenvalue weighted by molar-refractivity contribution is 8.00. The molecule has 6 nitrogen and oxygen atoms in total. The maximum atomic E-state index is 13.9. The van der Waals surface area contributed by atoms with E-state index in [9.17, 15) is 9.00 Å². The smallest absolute Gasteiger partial charge is 0.262 e. The van der Waals surface area contributed by atoms with Crippen LogP contribution >= 0.6 is 23.4 Å². The van der Waals surface area contributed by atoms with E-state index in [2.05, 4.69) is 60.5 Å². The summed E-state index contributed by atoms with van der Waals surface area (Å²) in [5.41, 5.74) is 3.39. The molecule has 0 aromatic heterocycles. The molecule has 2 aromatic carbocycles. The quantitative estimate of drug-likeness (QED) is 0.261. The molecule has 1 fully saturated rings. The maximum Gasteiger partial charge on any atom is 0.262 e. The summed E-state index contributed by atoms with van der Waals surface area (Å²) < 4.78 is 29.9. The molecule has 256 valence electrons. The molecule has 2 aromatic rings. The Bertz CT molecular complexity index is 1630. The fourth-order valence-corrected chi connectivity index (χ4v) is 10.9. The van der Waals surface area contributed by atoms with Gasteiger partial charge in [0.05, 0.1) is 27.6 Å². The van der Waals surface area contributed by atoms with Crippen molar-refractivity contribution in [3.63, 3.8) is 0 Å². The SMILES string of the molecule is C=S1(=O)NC(=O)c2ccc3c(c2)N(C[C@@H]2CC[C@H]2[C@@](CSC(C)C)(OC)/C=C/C[C@H](C)[C@H]1C)C[C@@]1(CCCc2cc(Cl)ccc21)CO3. The molecular weight excluding hydrogens is 648 g/mol. The molecule has 2 bridgehead atoms. The standard InChI is InChI=1S/C38H51ClN2O4S2/c1-25(2)46-24-38(44-5)18-7-9-26(3)27(4)47(6,43)40-36(42)29-12-16-35-34(20-29)41(21-30-11-14-33(30)38)22-37(23-45-35)17-8-10-28-19-31(39)13-15-32(28)37/h7,12-13,15-16,18-20,25-27,30,33H,6,8-11,14,17,21-24H2,1-5H3,(H,40,42,43)/b18-7+/t26-,27+,30-,33+,37-,38+,47?/m0/s1. The van der Waals surface area contributed by atoms with Crippen LogP contribution in [0.4, 0.5) is 5.69 Å². The van der Waals surface area contributed by atoms with Crippen LogP contribution < -0.4 is 14.4 Å². The Labute approximate surface area is 291 Å². The second kappa shape index (κ2) is 13.6. The van der Waals surface area contributed by atoms with Crippen molar-refractivity contribution in [1.29, 1.82) is 0 Å². The molecule has 1 saturated carbocycles. The minimum Gasteiger partial charge on any atom is -0.490 e. The van der Waals surface area contributed by atoms with Crippen molar-refractivity contribution in [1.82, 2.24) is 4.72 Å². The number of hydrogen-bond donors (Lipinski definition) is 1. The van der Waals surface area contributed by atoms with Crippen LogP contribution in [0.5, 0.6) is 5.75 Å². The molecular formula is C38H51ClN2O4S2. The largest absolute Gasteiger partial charge is 0.490 e. The maximum absolute atomic E-state index is 13.9. The van der Waals surface area contributed by atoms with Crippen LogP contribution in [0, 0.1) is 17.8 Å². The van der Waals surface area contributed by atoms with E-state index in [0.29, 0.717) is 29.3 Å². The molecule has 0 radical (unpaired) electrons. The van der Waals surface area contributed by atoms with Crippen molar-refractivity contribution in [3.8, 4) is 5.75 Å². The highest BCUT2D eigenvalue weighted by Crippen LogP contribution is 2.50. The van der Waals surface area contributed by atoms with E-state index in [4.69, 9.17) is 21.1 Å². The van der Waals surface area contributed by atoms with Gasteiger partial charge in [-0.15, -0.1) is 0 Å². The molecule has 0 saturated heterocycles. The number of anilines is 1. The van der Waals surface area contributed by atoms with Gasteiger partial charge < -0.3 is 14.4 Å². The van der Waals surface area contributed by atoms with Crippen molar-refractivity contribution in [2.24, 2.45) is 17.8 Å². The first kappa shape index (κ1) is 34.7. The van der Waals surface area contributed by atoms with Crippen molar-refractivity contribution < 1.29 is 18.5 Å². The molecule has 1 N–H and O–H groups in total. The number of aryl methyl sites for hydroxylation is 1. The number of rotatable bonds is 4. The molecule has 6 rings (SSSR count). The molecule has 2 aliphatic carbocycles. The second-order valence-corrected chi connectivity index (χ2v) is 19.1. The zero-order chi connectivity index (χ0) is 33.6. The number of fused-ring (bicyclic) bond motifs is 4. The highest BCUT2D eigenvalue weighted by atomic mass is 35.5. The number of carbonyl (C=O) groups is 1. The lowest BCUT2D eigenvalue weighted by atomic mass is 9.64. The first-order valence-corrected chi connectivity index (χ1v) is 20.4. The van der Waals surface area contributed by atoms with Gasteiger partial charge in [0.2, 0.25) is 0 Å². The molecule has 47 heavy (non-hydrogen) atoms. The van der Waals surface area contributed by atoms with E-state index in [0.717, 1.165) is 73.8 Å². The number of methoxy groups -OCH3 is 1. The second-order valence-electron chi connectivity index (χ2n) is 14.7. The number of halogens is 1. The van der Waals surface area contributed by atoms with Gasteiger partial charge in [-0.2, -0.15) is 11.8 Å². The summed E-state index contributed by atoms with van der Waals surface area (Å²) in [5, 5.41) is 0.939. The van der Waals surface area contributed by atoms with E-state index >= 15 is 0 Å². The van der Waals surface area contributed by atoms with E-state index in [-0.39, 0.29) is 22.5 Å². The van der Waals surface area contributed by atoms with Crippen LogP contribution in [0.15, 0.2) is 48.6 Å². The number of hydrogen-bond acceptors (Lipinski definition) is 6. The van der Waals surface area contributed by atoms with E-state index in [1.807, 2.05) is 44.0 Å². The van der Waals surface area contributed by atoms with Crippen LogP contribution in [-0.2, 0) is 26.3 Å². The molecule has 1 unspecified atom stereocenters. The lowest BCUT2D eigenvalue weighted by molar-refractivity contribution is -0.0588. The Morgan fingerprint density at radius 2 is 2.02 bits per heavy atom. The van der Waals surface area contributed by atoms with Gasteiger partial charge in [-0.3, -0.25) is 9.52 Å². The molecule has 7 atom stereocenters. The molecule has 4 aliphatic rings. The first-order chi connectivity index (χ1) is 22.4. The van der Waals surface area contributed by atoms with E-state index in [1.54, 1.807) is 6.07 Å². The average Bonchev–Trinajstić information content (AvgIpc) is 3.17. The number of nitrogens with one attached hydrogen (secondary N) is 1.